The van der Waals surface area contributed by atoms with E-state index in [0.29, 0.717) is 25.6 Å². The maximum absolute atomic E-state index is 11.7. The second-order valence-electron chi connectivity index (χ2n) is 4.49. The first-order valence-corrected chi connectivity index (χ1v) is 7.09. The van der Waals surface area contributed by atoms with Gasteiger partial charge in [0.2, 0.25) is 5.91 Å². The number of amides is 1. The molecule has 1 heterocycles. The van der Waals surface area contributed by atoms with Gasteiger partial charge >= 0.3 is 0 Å². The SMILES string of the molecule is CCOCCCNC(=O)CNc1ncnc2ccccc12. The molecule has 1 amide bonds. The van der Waals surface area contributed by atoms with Crippen molar-refractivity contribution >= 4 is 22.6 Å². The Hall–Kier alpha value is -2.21. The number of aromatic nitrogens is 2. The van der Waals surface area contributed by atoms with Crippen LogP contribution in [0.4, 0.5) is 5.82 Å². The third-order valence-electron chi connectivity index (χ3n) is 2.95. The van der Waals surface area contributed by atoms with Crippen molar-refractivity contribution < 1.29 is 9.53 Å². The predicted molar refractivity (Wildman–Crippen MR) is 82.1 cm³/mol. The second kappa shape index (κ2) is 8.16. The lowest BCUT2D eigenvalue weighted by atomic mass is 10.2. The molecule has 1 aromatic heterocycles. The highest BCUT2D eigenvalue weighted by atomic mass is 16.5. The van der Waals surface area contributed by atoms with Crippen molar-refractivity contribution in [3.05, 3.63) is 30.6 Å². The van der Waals surface area contributed by atoms with Crippen LogP contribution in [0.5, 0.6) is 0 Å². The molecule has 0 bridgehead atoms. The molecule has 0 aliphatic carbocycles. The molecule has 0 saturated carbocycles. The van der Waals surface area contributed by atoms with Crippen LogP contribution < -0.4 is 10.6 Å². The Morgan fingerprint density at radius 3 is 3.00 bits per heavy atom. The number of anilines is 1. The zero-order chi connectivity index (χ0) is 14.9. The van der Waals surface area contributed by atoms with Gasteiger partial charge in [0.05, 0.1) is 12.1 Å². The lowest BCUT2D eigenvalue weighted by molar-refractivity contribution is -0.119. The van der Waals surface area contributed by atoms with Crippen LogP contribution in [0.1, 0.15) is 13.3 Å². The zero-order valence-corrected chi connectivity index (χ0v) is 12.1. The predicted octanol–water partition coefficient (Wildman–Crippen LogP) is 1.58. The van der Waals surface area contributed by atoms with Gasteiger partial charge in [-0.15, -0.1) is 0 Å². The zero-order valence-electron chi connectivity index (χ0n) is 12.1. The average Bonchev–Trinajstić information content (AvgIpc) is 2.52. The Bertz CT molecular complexity index is 583. The van der Waals surface area contributed by atoms with Crippen molar-refractivity contribution in [3.8, 4) is 0 Å². The number of nitrogens with zero attached hydrogens (tertiary/aromatic N) is 2. The van der Waals surface area contributed by atoms with E-state index in [0.717, 1.165) is 17.3 Å². The van der Waals surface area contributed by atoms with Gasteiger partial charge in [-0.25, -0.2) is 9.97 Å². The number of ether oxygens (including phenoxy) is 1. The smallest absolute Gasteiger partial charge is 0.239 e. The first-order chi connectivity index (χ1) is 10.3. The number of hydrogen-bond donors (Lipinski definition) is 2. The fourth-order valence-electron chi connectivity index (χ4n) is 1.92. The molecule has 6 nitrogen and oxygen atoms in total. The van der Waals surface area contributed by atoms with Gasteiger partial charge in [0.1, 0.15) is 12.1 Å². The third kappa shape index (κ3) is 4.68. The lowest BCUT2D eigenvalue weighted by Crippen LogP contribution is -2.31. The largest absolute Gasteiger partial charge is 0.382 e. The summed E-state index contributed by atoms with van der Waals surface area (Å²) >= 11 is 0. The number of fused-ring (bicyclic) bond motifs is 1. The van der Waals surface area contributed by atoms with E-state index < -0.39 is 0 Å². The van der Waals surface area contributed by atoms with Crippen LogP contribution in [0.25, 0.3) is 10.9 Å². The Balaban J connectivity index is 1.80. The van der Waals surface area contributed by atoms with Gasteiger partial charge in [0.15, 0.2) is 0 Å². The molecule has 0 atom stereocenters. The number of carbonyl (C=O) groups excluding carboxylic acids is 1. The Kier molecular flexibility index (Phi) is 5.90. The van der Waals surface area contributed by atoms with Gasteiger partial charge in [-0.2, -0.15) is 0 Å². The van der Waals surface area contributed by atoms with Crippen molar-refractivity contribution in [2.45, 2.75) is 13.3 Å². The number of para-hydroxylation sites is 1. The molecule has 0 unspecified atom stereocenters. The van der Waals surface area contributed by atoms with E-state index in [1.54, 1.807) is 0 Å². The molecule has 6 heteroatoms. The van der Waals surface area contributed by atoms with E-state index in [1.165, 1.54) is 6.33 Å². The Morgan fingerprint density at radius 2 is 2.14 bits per heavy atom. The van der Waals surface area contributed by atoms with Crippen molar-refractivity contribution in [3.63, 3.8) is 0 Å². The number of benzene rings is 1. The molecule has 0 aliphatic rings. The highest BCUT2D eigenvalue weighted by molar-refractivity contribution is 5.90. The first kappa shape index (κ1) is 15.2. The van der Waals surface area contributed by atoms with Crippen molar-refractivity contribution in [2.75, 3.05) is 31.6 Å². The standard InChI is InChI=1S/C15H20N4O2/c1-2-21-9-5-8-16-14(20)10-17-15-12-6-3-4-7-13(12)18-11-19-15/h3-4,6-7,11H,2,5,8-10H2,1H3,(H,16,20)(H,17,18,19). The highest BCUT2D eigenvalue weighted by Gasteiger charge is 2.05. The normalized spacial score (nSPS) is 10.5. The first-order valence-electron chi connectivity index (χ1n) is 7.09. The minimum Gasteiger partial charge on any atom is -0.382 e. The quantitative estimate of drug-likeness (QED) is 0.721. The summed E-state index contributed by atoms with van der Waals surface area (Å²) in [6.07, 6.45) is 2.31. The summed E-state index contributed by atoms with van der Waals surface area (Å²) in [5, 5.41) is 6.79. The van der Waals surface area contributed by atoms with Crippen LogP contribution in [0.15, 0.2) is 30.6 Å². The van der Waals surface area contributed by atoms with Crippen molar-refractivity contribution in [1.82, 2.24) is 15.3 Å². The fraction of sp³-hybridized carbons (Fsp3) is 0.400. The van der Waals surface area contributed by atoms with Gasteiger partial charge in [0, 0.05) is 25.1 Å². The lowest BCUT2D eigenvalue weighted by Gasteiger charge is -2.09. The summed E-state index contributed by atoms with van der Waals surface area (Å²) in [5.41, 5.74) is 0.854. The molecule has 0 spiro atoms. The summed E-state index contributed by atoms with van der Waals surface area (Å²) in [5.74, 6) is 0.610. The molecule has 2 aromatic rings. The summed E-state index contributed by atoms with van der Waals surface area (Å²) < 4.78 is 5.21. The average molecular weight is 288 g/mol. The maximum atomic E-state index is 11.7. The molecule has 2 rings (SSSR count). The van der Waals surface area contributed by atoms with Crippen LogP contribution in [0.2, 0.25) is 0 Å². The van der Waals surface area contributed by atoms with Crippen LogP contribution in [0.3, 0.4) is 0 Å². The summed E-state index contributed by atoms with van der Waals surface area (Å²) in [6, 6.07) is 7.68. The van der Waals surface area contributed by atoms with E-state index in [4.69, 9.17) is 4.74 Å². The van der Waals surface area contributed by atoms with Gasteiger partial charge in [-0.3, -0.25) is 4.79 Å². The summed E-state index contributed by atoms with van der Waals surface area (Å²) in [7, 11) is 0. The van der Waals surface area contributed by atoms with Crippen molar-refractivity contribution in [2.24, 2.45) is 0 Å². The van der Waals surface area contributed by atoms with Crippen LogP contribution in [-0.4, -0.2) is 42.2 Å². The second-order valence-corrected chi connectivity index (χ2v) is 4.49. The van der Waals surface area contributed by atoms with Gasteiger partial charge in [-0.1, -0.05) is 12.1 Å². The van der Waals surface area contributed by atoms with Crippen LogP contribution >= 0.6 is 0 Å². The van der Waals surface area contributed by atoms with Crippen LogP contribution in [-0.2, 0) is 9.53 Å². The minimum absolute atomic E-state index is 0.0609. The monoisotopic (exact) mass is 288 g/mol. The Labute approximate surface area is 123 Å². The Morgan fingerprint density at radius 1 is 1.29 bits per heavy atom. The van der Waals surface area contributed by atoms with E-state index in [1.807, 2.05) is 31.2 Å². The van der Waals surface area contributed by atoms with Crippen molar-refractivity contribution in [1.29, 1.82) is 0 Å². The molecule has 2 N–H and O–H groups in total. The summed E-state index contributed by atoms with van der Waals surface area (Å²) in [6.45, 7) is 4.13. The number of carbonyl (C=O) groups is 1. The minimum atomic E-state index is -0.0609. The molecule has 0 saturated heterocycles. The number of nitrogens with one attached hydrogen (secondary N) is 2. The molecule has 1 aromatic carbocycles. The molecular weight excluding hydrogens is 268 g/mol. The molecular formula is C15H20N4O2. The molecule has 0 radical (unpaired) electrons. The van der Waals surface area contributed by atoms with E-state index in [-0.39, 0.29) is 12.5 Å². The van der Waals surface area contributed by atoms with Gasteiger partial charge in [0.25, 0.3) is 0 Å². The van der Waals surface area contributed by atoms with E-state index in [9.17, 15) is 4.79 Å². The molecule has 0 fully saturated rings. The van der Waals surface area contributed by atoms with E-state index in [2.05, 4.69) is 20.6 Å². The highest BCUT2D eigenvalue weighted by Crippen LogP contribution is 2.17. The molecule has 21 heavy (non-hydrogen) atoms. The third-order valence-corrected chi connectivity index (χ3v) is 2.95. The maximum Gasteiger partial charge on any atom is 0.239 e. The van der Waals surface area contributed by atoms with E-state index >= 15 is 0 Å². The number of rotatable bonds is 8. The van der Waals surface area contributed by atoms with Gasteiger partial charge < -0.3 is 15.4 Å². The topological polar surface area (TPSA) is 76.1 Å². The van der Waals surface area contributed by atoms with Crippen LogP contribution in [0, 0.1) is 0 Å². The molecule has 112 valence electrons. The number of hydrogen-bond acceptors (Lipinski definition) is 5. The van der Waals surface area contributed by atoms with Gasteiger partial charge in [-0.05, 0) is 25.5 Å². The molecule has 0 aliphatic heterocycles. The fourth-order valence-corrected chi connectivity index (χ4v) is 1.92. The summed E-state index contributed by atoms with van der Waals surface area (Å²) in [4.78, 5) is 20.1.